The summed E-state index contributed by atoms with van der Waals surface area (Å²) in [4.78, 5) is 13.1. The van der Waals surface area contributed by atoms with Crippen molar-refractivity contribution in [3.05, 3.63) is 74.4 Å². The van der Waals surface area contributed by atoms with Gasteiger partial charge in [0.15, 0.2) is 5.76 Å². The summed E-state index contributed by atoms with van der Waals surface area (Å²) in [5.74, 6) is 0.618. The molecule has 0 bridgehead atoms. The van der Waals surface area contributed by atoms with Crippen molar-refractivity contribution in [1.29, 1.82) is 0 Å². The topological polar surface area (TPSA) is 26.3 Å². The lowest BCUT2D eigenvalue weighted by molar-refractivity contribution is -0.128. The Morgan fingerprint density at radius 3 is 2.29 bits per heavy atom. The van der Waals surface area contributed by atoms with Gasteiger partial charge in [0.25, 0.3) is 0 Å². The highest BCUT2D eigenvalue weighted by atomic mass is 79.9. The molecule has 1 saturated heterocycles. The van der Waals surface area contributed by atoms with Crippen LogP contribution in [0.5, 0.6) is 0 Å². The smallest absolute Gasteiger partial charge is 0.207 e. The average molecular weight is 448 g/mol. The van der Waals surface area contributed by atoms with E-state index in [2.05, 4.69) is 31.9 Å². The SMILES string of the molecule is O=C1/C(=C/c2ccccc2Br)OC(c2ccccc2Br)C12CCC2. The van der Waals surface area contributed by atoms with Crippen LogP contribution in [0.25, 0.3) is 6.08 Å². The molecule has 2 aromatic rings. The second-order valence-corrected chi connectivity index (χ2v) is 8.10. The summed E-state index contributed by atoms with van der Waals surface area (Å²) in [6.07, 6.45) is 4.53. The monoisotopic (exact) mass is 446 g/mol. The predicted octanol–water partition coefficient (Wildman–Crippen LogP) is 6.06. The maximum atomic E-state index is 13.1. The zero-order chi connectivity index (χ0) is 16.7. The van der Waals surface area contributed by atoms with Crippen molar-refractivity contribution in [2.75, 3.05) is 0 Å². The summed E-state index contributed by atoms with van der Waals surface area (Å²) >= 11 is 7.15. The number of benzene rings is 2. The van der Waals surface area contributed by atoms with Crippen molar-refractivity contribution in [1.82, 2.24) is 0 Å². The average Bonchev–Trinajstić information content (AvgIpc) is 2.83. The lowest BCUT2D eigenvalue weighted by Crippen LogP contribution is -2.38. The Morgan fingerprint density at radius 1 is 1.00 bits per heavy atom. The fourth-order valence-electron chi connectivity index (χ4n) is 3.59. The molecule has 1 unspecified atom stereocenters. The van der Waals surface area contributed by atoms with Gasteiger partial charge in [-0.3, -0.25) is 4.79 Å². The maximum Gasteiger partial charge on any atom is 0.207 e. The number of hydrogen-bond donors (Lipinski definition) is 0. The van der Waals surface area contributed by atoms with Crippen LogP contribution in [0, 0.1) is 5.41 Å². The van der Waals surface area contributed by atoms with Crippen LogP contribution in [0.3, 0.4) is 0 Å². The molecule has 1 spiro atoms. The van der Waals surface area contributed by atoms with Gasteiger partial charge in [0, 0.05) is 14.5 Å². The molecular weight excluding hydrogens is 432 g/mol. The fourth-order valence-corrected chi connectivity index (χ4v) is 4.48. The van der Waals surface area contributed by atoms with Crippen LogP contribution >= 0.6 is 31.9 Å². The zero-order valence-electron chi connectivity index (χ0n) is 13.0. The van der Waals surface area contributed by atoms with Crippen molar-refractivity contribution in [3.63, 3.8) is 0 Å². The van der Waals surface area contributed by atoms with Gasteiger partial charge in [-0.05, 0) is 36.6 Å². The summed E-state index contributed by atoms with van der Waals surface area (Å²) in [5.41, 5.74) is 1.63. The third-order valence-electron chi connectivity index (χ3n) is 5.05. The first kappa shape index (κ1) is 16.1. The van der Waals surface area contributed by atoms with E-state index in [0.717, 1.165) is 39.3 Å². The molecule has 2 aromatic carbocycles. The molecule has 1 aliphatic carbocycles. The van der Waals surface area contributed by atoms with Crippen molar-refractivity contribution < 1.29 is 9.53 Å². The van der Waals surface area contributed by atoms with Crippen LogP contribution in [-0.4, -0.2) is 5.78 Å². The summed E-state index contributed by atoms with van der Waals surface area (Å²) in [6.45, 7) is 0. The Balaban J connectivity index is 1.77. The summed E-state index contributed by atoms with van der Waals surface area (Å²) in [6, 6.07) is 15.9. The predicted molar refractivity (Wildman–Crippen MR) is 101 cm³/mol. The molecule has 0 radical (unpaired) electrons. The van der Waals surface area contributed by atoms with Crippen LogP contribution in [0.4, 0.5) is 0 Å². The van der Waals surface area contributed by atoms with E-state index in [1.54, 1.807) is 0 Å². The van der Waals surface area contributed by atoms with Gasteiger partial charge in [0.05, 0.1) is 5.41 Å². The van der Waals surface area contributed by atoms with E-state index in [-0.39, 0.29) is 11.9 Å². The molecule has 24 heavy (non-hydrogen) atoms. The standard InChI is InChI=1S/C20H16Br2O2/c21-15-8-3-1-6-13(15)12-17-18(23)20(10-5-11-20)19(24-17)14-7-2-4-9-16(14)22/h1-4,6-9,12,19H,5,10-11H2/b17-12-. The van der Waals surface area contributed by atoms with Gasteiger partial charge in [-0.25, -0.2) is 0 Å². The van der Waals surface area contributed by atoms with Crippen molar-refractivity contribution in [3.8, 4) is 0 Å². The molecule has 2 aliphatic rings. The number of allylic oxidation sites excluding steroid dienone is 1. The highest BCUT2D eigenvalue weighted by Gasteiger charge is 2.58. The molecule has 1 aliphatic heterocycles. The third kappa shape index (κ3) is 2.47. The first-order valence-electron chi connectivity index (χ1n) is 8.04. The molecule has 1 atom stereocenters. The number of rotatable bonds is 2. The number of hydrogen-bond acceptors (Lipinski definition) is 2. The number of carbonyl (C=O) groups excluding carboxylic acids is 1. The van der Waals surface area contributed by atoms with Crippen molar-refractivity contribution in [2.24, 2.45) is 5.41 Å². The van der Waals surface area contributed by atoms with Gasteiger partial charge in [-0.15, -0.1) is 0 Å². The molecule has 2 nitrogen and oxygen atoms in total. The Bertz CT molecular complexity index is 837. The minimum atomic E-state index is -0.392. The number of carbonyl (C=O) groups is 1. The fraction of sp³-hybridized carbons (Fsp3) is 0.250. The normalized spacial score (nSPS) is 23.3. The quantitative estimate of drug-likeness (QED) is 0.522. The van der Waals surface area contributed by atoms with E-state index in [0.29, 0.717) is 5.76 Å². The van der Waals surface area contributed by atoms with Crippen molar-refractivity contribution in [2.45, 2.75) is 25.4 Å². The minimum absolute atomic E-state index is 0.144. The van der Waals surface area contributed by atoms with Gasteiger partial charge in [-0.1, -0.05) is 74.7 Å². The van der Waals surface area contributed by atoms with E-state index in [1.165, 1.54) is 0 Å². The maximum absolute atomic E-state index is 13.1. The Labute approximate surface area is 158 Å². The summed E-state index contributed by atoms with van der Waals surface area (Å²) < 4.78 is 8.17. The largest absolute Gasteiger partial charge is 0.481 e. The number of halogens is 2. The Kier molecular flexibility index (Phi) is 4.13. The van der Waals surface area contributed by atoms with Crippen LogP contribution in [0.1, 0.15) is 36.5 Å². The Hall–Kier alpha value is -1.39. The van der Waals surface area contributed by atoms with E-state index >= 15 is 0 Å². The first-order chi connectivity index (χ1) is 11.6. The first-order valence-corrected chi connectivity index (χ1v) is 9.62. The molecule has 122 valence electrons. The summed E-state index contributed by atoms with van der Waals surface area (Å²) in [5, 5.41) is 0. The van der Waals surface area contributed by atoms with Crippen LogP contribution in [0.2, 0.25) is 0 Å². The summed E-state index contributed by atoms with van der Waals surface area (Å²) in [7, 11) is 0. The van der Waals surface area contributed by atoms with E-state index in [9.17, 15) is 4.79 Å². The number of ketones is 1. The molecule has 1 saturated carbocycles. The second kappa shape index (κ2) is 6.16. The van der Waals surface area contributed by atoms with Gasteiger partial charge >= 0.3 is 0 Å². The van der Waals surface area contributed by atoms with E-state index in [1.807, 2.05) is 54.6 Å². The highest BCUT2D eigenvalue weighted by Crippen LogP contribution is 2.59. The van der Waals surface area contributed by atoms with Gasteiger partial charge in [0.2, 0.25) is 5.78 Å². The zero-order valence-corrected chi connectivity index (χ0v) is 16.1. The van der Waals surface area contributed by atoms with Gasteiger partial charge in [-0.2, -0.15) is 0 Å². The third-order valence-corrected chi connectivity index (χ3v) is 6.49. The number of Topliss-reactive ketones (excluding diaryl/α,β-unsaturated/α-hetero) is 1. The minimum Gasteiger partial charge on any atom is -0.481 e. The molecule has 0 N–H and O–H groups in total. The van der Waals surface area contributed by atoms with Gasteiger partial charge < -0.3 is 4.74 Å². The molecule has 4 heteroatoms. The van der Waals surface area contributed by atoms with Crippen molar-refractivity contribution >= 4 is 43.7 Å². The molecule has 0 aromatic heterocycles. The molecule has 2 fully saturated rings. The molecule has 0 amide bonds. The highest BCUT2D eigenvalue weighted by molar-refractivity contribution is 9.10. The lowest BCUT2D eigenvalue weighted by atomic mass is 9.62. The van der Waals surface area contributed by atoms with Crippen LogP contribution < -0.4 is 0 Å². The molecule has 4 rings (SSSR count). The molecule has 1 heterocycles. The van der Waals surface area contributed by atoms with E-state index < -0.39 is 5.41 Å². The second-order valence-electron chi connectivity index (χ2n) is 6.39. The lowest BCUT2D eigenvalue weighted by Gasteiger charge is -2.39. The number of ether oxygens (including phenoxy) is 1. The molecular formula is C20H16Br2O2. The Morgan fingerprint density at radius 2 is 1.67 bits per heavy atom. The van der Waals surface area contributed by atoms with Crippen LogP contribution in [0.15, 0.2) is 63.2 Å². The van der Waals surface area contributed by atoms with Crippen LogP contribution in [-0.2, 0) is 9.53 Å². The van der Waals surface area contributed by atoms with E-state index in [4.69, 9.17) is 4.74 Å². The van der Waals surface area contributed by atoms with Gasteiger partial charge in [0.1, 0.15) is 6.10 Å².